The van der Waals surface area contributed by atoms with Gasteiger partial charge in [-0.1, -0.05) is 42.5 Å². The summed E-state index contributed by atoms with van der Waals surface area (Å²) < 4.78 is 0. The number of aryl methyl sites for hydroxylation is 1. The second kappa shape index (κ2) is 9.16. The van der Waals surface area contributed by atoms with Gasteiger partial charge in [0, 0.05) is 16.9 Å². The number of aliphatic hydroxyl groups is 1. The number of carbonyl (C=O) groups is 2. The van der Waals surface area contributed by atoms with Crippen molar-refractivity contribution in [2.24, 2.45) is 0 Å². The molecule has 3 aromatic rings. The number of thiophene rings is 1. The highest BCUT2D eigenvalue weighted by molar-refractivity contribution is 7.16. The summed E-state index contributed by atoms with van der Waals surface area (Å²) in [7, 11) is 0. The Morgan fingerprint density at radius 1 is 0.964 bits per heavy atom. The van der Waals surface area contributed by atoms with E-state index in [1.54, 1.807) is 18.2 Å². The lowest BCUT2D eigenvalue weighted by Crippen LogP contribution is -2.12. The van der Waals surface area contributed by atoms with Crippen LogP contribution in [0.5, 0.6) is 0 Å². The van der Waals surface area contributed by atoms with E-state index in [2.05, 4.69) is 10.6 Å². The maximum absolute atomic E-state index is 12.2. The minimum Gasteiger partial charge on any atom is -0.465 e. The van der Waals surface area contributed by atoms with Gasteiger partial charge in [-0.15, -0.1) is 11.3 Å². The van der Waals surface area contributed by atoms with Crippen LogP contribution in [0.1, 0.15) is 16.9 Å². The Labute approximate surface area is 166 Å². The van der Waals surface area contributed by atoms with E-state index in [1.807, 2.05) is 42.5 Å². The van der Waals surface area contributed by atoms with Crippen LogP contribution in [0, 0.1) is 0 Å². The largest absolute Gasteiger partial charge is 0.465 e. The van der Waals surface area contributed by atoms with Gasteiger partial charge in [-0.05, 0) is 35.7 Å². The maximum Gasteiger partial charge on any atom is 0.409 e. The van der Waals surface area contributed by atoms with Crippen LogP contribution in [0.3, 0.4) is 0 Å². The molecule has 2 aromatic carbocycles. The van der Waals surface area contributed by atoms with Crippen molar-refractivity contribution in [2.45, 2.75) is 19.4 Å². The van der Waals surface area contributed by atoms with Gasteiger partial charge in [0.25, 0.3) is 0 Å². The van der Waals surface area contributed by atoms with Crippen LogP contribution in [-0.4, -0.2) is 22.2 Å². The Morgan fingerprint density at radius 3 is 2.43 bits per heavy atom. The third-order valence-electron chi connectivity index (χ3n) is 4.13. The average molecular weight is 396 g/mol. The van der Waals surface area contributed by atoms with Crippen molar-refractivity contribution >= 4 is 34.0 Å². The number of benzene rings is 2. The number of amides is 2. The van der Waals surface area contributed by atoms with E-state index in [0.29, 0.717) is 17.1 Å². The van der Waals surface area contributed by atoms with E-state index in [-0.39, 0.29) is 18.9 Å². The molecule has 0 spiro atoms. The topological polar surface area (TPSA) is 98.7 Å². The molecule has 7 heteroatoms. The van der Waals surface area contributed by atoms with E-state index >= 15 is 0 Å². The zero-order chi connectivity index (χ0) is 19.9. The standard InChI is InChI=1S/C21H20N2O4S/c24-13-16-8-11-20(28-16)23-19(25)10-7-14-6-9-17(15-4-2-1-3-5-15)18(12-14)22-21(26)27/h1-6,8-9,11-12,22,24H,7,10,13H2,(H,23,25)(H,26,27). The molecule has 1 heterocycles. The van der Waals surface area contributed by atoms with E-state index in [4.69, 9.17) is 10.2 Å². The normalized spacial score (nSPS) is 10.5. The molecule has 144 valence electrons. The summed E-state index contributed by atoms with van der Waals surface area (Å²) in [5.41, 5.74) is 3.04. The minimum absolute atomic E-state index is 0.0480. The fourth-order valence-corrected chi connectivity index (χ4v) is 3.61. The number of hydrogen-bond donors (Lipinski definition) is 4. The lowest BCUT2D eigenvalue weighted by atomic mass is 9.99. The molecule has 6 nitrogen and oxygen atoms in total. The number of anilines is 2. The highest BCUT2D eigenvalue weighted by Gasteiger charge is 2.11. The van der Waals surface area contributed by atoms with Crippen molar-refractivity contribution in [3.63, 3.8) is 0 Å². The number of rotatable bonds is 7. The third-order valence-corrected chi connectivity index (χ3v) is 5.12. The van der Waals surface area contributed by atoms with E-state index < -0.39 is 6.09 Å². The van der Waals surface area contributed by atoms with Crippen LogP contribution in [0.4, 0.5) is 15.5 Å². The second-order valence-electron chi connectivity index (χ2n) is 6.15. The smallest absolute Gasteiger partial charge is 0.409 e. The molecule has 0 unspecified atom stereocenters. The molecule has 4 N–H and O–H groups in total. The fraction of sp³-hybridized carbons (Fsp3) is 0.143. The number of carboxylic acid groups (broad SMARTS) is 1. The maximum atomic E-state index is 12.2. The van der Waals surface area contributed by atoms with Crippen LogP contribution < -0.4 is 10.6 Å². The van der Waals surface area contributed by atoms with Crippen molar-refractivity contribution in [1.29, 1.82) is 0 Å². The first-order valence-electron chi connectivity index (χ1n) is 8.73. The van der Waals surface area contributed by atoms with Gasteiger partial charge in [0.15, 0.2) is 0 Å². The van der Waals surface area contributed by atoms with Crippen molar-refractivity contribution in [3.8, 4) is 11.1 Å². The molecular weight excluding hydrogens is 376 g/mol. The molecule has 0 fully saturated rings. The quantitative estimate of drug-likeness (QED) is 0.470. The minimum atomic E-state index is -1.13. The van der Waals surface area contributed by atoms with Gasteiger partial charge in [0.05, 0.1) is 17.3 Å². The van der Waals surface area contributed by atoms with Crippen LogP contribution in [0.15, 0.2) is 60.7 Å². The van der Waals surface area contributed by atoms with Crippen molar-refractivity contribution in [1.82, 2.24) is 0 Å². The van der Waals surface area contributed by atoms with Crippen LogP contribution in [0.25, 0.3) is 11.1 Å². The van der Waals surface area contributed by atoms with Gasteiger partial charge in [-0.25, -0.2) is 4.79 Å². The molecule has 2 amide bonds. The highest BCUT2D eigenvalue weighted by Crippen LogP contribution is 2.29. The second-order valence-corrected chi connectivity index (χ2v) is 7.32. The first kappa shape index (κ1) is 19.6. The predicted octanol–water partition coefficient (Wildman–Crippen LogP) is 4.57. The van der Waals surface area contributed by atoms with Gasteiger partial charge < -0.3 is 15.5 Å². The molecule has 3 rings (SSSR count). The number of aliphatic hydroxyl groups excluding tert-OH is 1. The first-order valence-corrected chi connectivity index (χ1v) is 9.54. The van der Waals surface area contributed by atoms with Gasteiger partial charge in [-0.3, -0.25) is 10.1 Å². The number of hydrogen-bond acceptors (Lipinski definition) is 4. The predicted molar refractivity (Wildman–Crippen MR) is 111 cm³/mol. The SMILES string of the molecule is O=C(O)Nc1cc(CCC(=O)Nc2ccc(CO)s2)ccc1-c1ccccc1. The van der Waals surface area contributed by atoms with Gasteiger partial charge in [0.2, 0.25) is 5.91 Å². The number of carbonyl (C=O) groups excluding carboxylic acids is 1. The third kappa shape index (κ3) is 5.18. The van der Waals surface area contributed by atoms with E-state index in [9.17, 15) is 9.59 Å². The molecule has 0 atom stereocenters. The molecule has 0 saturated carbocycles. The zero-order valence-corrected chi connectivity index (χ0v) is 15.8. The molecule has 0 aliphatic rings. The fourth-order valence-electron chi connectivity index (χ4n) is 2.82. The summed E-state index contributed by atoms with van der Waals surface area (Å²) in [5, 5.41) is 24.2. The van der Waals surface area contributed by atoms with Crippen molar-refractivity contribution in [2.75, 3.05) is 10.6 Å². The molecular formula is C21H20N2O4S. The van der Waals surface area contributed by atoms with Crippen LogP contribution in [0.2, 0.25) is 0 Å². The van der Waals surface area contributed by atoms with Crippen molar-refractivity contribution < 1.29 is 19.8 Å². The molecule has 0 aliphatic carbocycles. The summed E-state index contributed by atoms with van der Waals surface area (Å²) in [5.74, 6) is -0.133. The van der Waals surface area contributed by atoms with Gasteiger partial charge in [0.1, 0.15) is 0 Å². The summed E-state index contributed by atoms with van der Waals surface area (Å²) in [6.07, 6.45) is -0.388. The average Bonchev–Trinajstić information content (AvgIpc) is 3.14. The Bertz CT molecular complexity index is 970. The molecule has 1 aromatic heterocycles. The monoisotopic (exact) mass is 396 g/mol. The molecule has 28 heavy (non-hydrogen) atoms. The summed E-state index contributed by atoms with van der Waals surface area (Å²) >= 11 is 1.33. The Hall–Kier alpha value is -3.16. The summed E-state index contributed by atoms with van der Waals surface area (Å²) in [6.45, 7) is -0.0480. The van der Waals surface area contributed by atoms with E-state index in [0.717, 1.165) is 21.6 Å². The first-order chi connectivity index (χ1) is 13.5. The summed E-state index contributed by atoms with van der Waals surface area (Å²) in [4.78, 5) is 24.1. The van der Waals surface area contributed by atoms with Crippen LogP contribution >= 0.6 is 11.3 Å². The molecule has 0 saturated heterocycles. The Balaban J connectivity index is 1.69. The van der Waals surface area contributed by atoms with Crippen LogP contribution in [-0.2, 0) is 17.8 Å². The van der Waals surface area contributed by atoms with Gasteiger partial charge >= 0.3 is 6.09 Å². The van der Waals surface area contributed by atoms with E-state index in [1.165, 1.54) is 11.3 Å². The lowest BCUT2D eigenvalue weighted by molar-refractivity contribution is -0.116. The van der Waals surface area contributed by atoms with Gasteiger partial charge in [-0.2, -0.15) is 0 Å². The zero-order valence-electron chi connectivity index (χ0n) is 15.0. The Morgan fingerprint density at radius 2 is 1.75 bits per heavy atom. The lowest BCUT2D eigenvalue weighted by Gasteiger charge is -2.12. The summed E-state index contributed by atoms with van der Waals surface area (Å²) in [6, 6.07) is 18.6. The molecule has 0 bridgehead atoms. The van der Waals surface area contributed by atoms with Crippen molar-refractivity contribution in [3.05, 3.63) is 71.1 Å². The molecule has 0 aliphatic heterocycles. The highest BCUT2D eigenvalue weighted by atomic mass is 32.1. The molecule has 0 radical (unpaired) electrons. The number of nitrogens with one attached hydrogen (secondary N) is 2. The Kier molecular flexibility index (Phi) is 6.41.